The van der Waals surface area contributed by atoms with E-state index >= 15 is 0 Å². The number of hydrogen-bond donors (Lipinski definition) is 2. The fraction of sp³-hybridized carbons (Fsp3) is 0.923. The summed E-state index contributed by atoms with van der Waals surface area (Å²) >= 11 is 0. The highest BCUT2D eigenvalue weighted by Gasteiger charge is 2.42. The molecule has 0 aromatic rings. The van der Waals surface area contributed by atoms with E-state index in [-0.39, 0.29) is 17.6 Å². The fourth-order valence-corrected chi connectivity index (χ4v) is 3.12. The van der Waals surface area contributed by atoms with Gasteiger partial charge in [-0.1, -0.05) is 0 Å². The van der Waals surface area contributed by atoms with Crippen molar-refractivity contribution in [1.29, 1.82) is 0 Å². The number of nitrogens with one attached hydrogen (secondary N) is 1. The Morgan fingerprint density at radius 1 is 1.35 bits per heavy atom. The molecule has 1 aliphatic heterocycles. The van der Waals surface area contributed by atoms with Crippen LogP contribution in [-0.4, -0.2) is 47.2 Å². The van der Waals surface area contributed by atoms with Crippen molar-refractivity contribution < 1.29 is 9.90 Å². The van der Waals surface area contributed by atoms with E-state index < -0.39 is 0 Å². The molecule has 3 atom stereocenters. The lowest BCUT2D eigenvalue weighted by molar-refractivity contribution is -0.123. The maximum atomic E-state index is 11.8. The number of aliphatic hydroxyl groups excluding tert-OH is 1. The van der Waals surface area contributed by atoms with E-state index in [1.165, 1.54) is 0 Å². The Labute approximate surface area is 103 Å². The minimum Gasteiger partial charge on any atom is -0.393 e. The van der Waals surface area contributed by atoms with Crippen LogP contribution in [0.4, 0.5) is 0 Å². The predicted octanol–water partition coefficient (Wildman–Crippen LogP) is 0.604. The topological polar surface area (TPSA) is 52.6 Å². The Morgan fingerprint density at radius 2 is 2.06 bits per heavy atom. The second-order valence-corrected chi connectivity index (χ2v) is 6.56. The van der Waals surface area contributed by atoms with Gasteiger partial charge in [0.1, 0.15) is 0 Å². The molecule has 0 aromatic heterocycles. The van der Waals surface area contributed by atoms with E-state index in [9.17, 15) is 9.90 Å². The minimum atomic E-state index is -0.161. The zero-order valence-electron chi connectivity index (χ0n) is 11.1. The molecule has 1 aliphatic carbocycles. The zero-order valence-corrected chi connectivity index (χ0v) is 11.1. The predicted molar refractivity (Wildman–Crippen MR) is 66.6 cm³/mol. The summed E-state index contributed by atoms with van der Waals surface area (Å²) in [4.78, 5) is 14.0. The lowest BCUT2D eigenvalue weighted by Crippen LogP contribution is -2.45. The van der Waals surface area contributed by atoms with Gasteiger partial charge in [-0.05, 0) is 39.5 Å². The molecule has 2 fully saturated rings. The lowest BCUT2D eigenvalue weighted by atomic mass is 10.00. The van der Waals surface area contributed by atoms with Gasteiger partial charge in [0.05, 0.1) is 12.6 Å². The Balaban J connectivity index is 1.80. The third kappa shape index (κ3) is 3.19. The minimum absolute atomic E-state index is 0.0898. The second kappa shape index (κ2) is 4.58. The van der Waals surface area contributed by atoms with Crippen LogP contribution < -0.4 is 5.32 Å². The Morgan fingerprint density at radius 3 is 2.65 bits per heavy atom. The average molecular weight is 240 g/mol. The number of carbonyl (C=O) groups is 1. The van der Waals surface area contributed by atoms with Crippen LogP contribution in [0, 0.1) is 11.8 Å². The summed E-state index contributed by atoms with van der Waals surface area (Å²) in [7, 11) is 0. The van der Waals surface area contributed by atoms with Gasteiger partial charge in [0, 0.05) is 24.5 Å². The zero-order chi connectivity index (χ0) is 12.6. The molecule has 1 saturated carbocycles. The number of aliphatic hydroxyl groups is 1. The van der Waals surface area contributed by atoms with Crippen molar-refractivity contribution in [1.82, 2.24) is 10.2 Å². The van der Waals surface area contributed by atoms with Crippen molar-refractivity contribution in [2.24, 2.45) is 11.8 Å². The van der Waals surface area contributed by atoms with Gasteiger partial charge >= 0.3 is 0 Å². The summed E-state index contributed by atoms with van der Waals surface area (Å²) in [5, 5.41) is 12.8. The average Bonchev–Trinajstić information content (AvgIpc) is 2.65. The quantitative estimate of drug-likeness (QED) is 0.743. The third-order valence-electron chi connectivity index (χ3n) is 3.78. The van der Waals surface area contributed by atoms with Gasteiger partial charge in [-0.2, -0.15) is 0 Å². The molecule has 0 aromatic carbocycles. The van der Waals surface area contributed by atoms with Gasteiger partial charge in [0.25, 0.3) is 0 Å². The number of hydrogen-bond acceptors (Lipinski definition) is 3. The highest BCUT2D eigenvalue weighted by molar-refractivity contribution is 5.78. The van der Waals surface area contributed by atoms with E-state index in [1.807, 2.05) is 20.8 Å². The summed E-state index contributed by atoms with van der Waals surface area (Å²) in [5.41, 5.74) is -0.161. The molecule has 0 spiro atoms. The summed E-state index contributed by atoms with van der Waals surface area (Å²) in [5.74, 6) is 1.09. The van der Waals surface area contributed by atoms with Gasteiger partial charge in [-0.15, -0.1) is 0 Å². The van der Waals surface area contributed by atoms with Gasteiger partial charge in [0.2, 0.25) is 5.91 Å². The van der Waals surface area contributed by atoms with Gasteiger partial charge in [-0.3, -0.25) is 9.69 Å². The van der Waals surface area contributed by atoms with Crippen molar-refractivity contribution >= 4 is 5.91 Å². The van der Waals surface area contributed by atoms with Crippen molar-refractivity contribution in [2.45, 2.75) is 45.3 Å². The summed E-state index contributed by atoms with van der Waals surface area (Å²) in [6.45, 7) is 8.30. The SMILES string of the molecule is CC(C)(C)NC(=O)CN1CC2CCC(O)C2C1. The van der Waals surface area contributed by atoms with Crippen LogP contribution in [0.15, 0.2) is 0 Å². The Bertz CT molecular complexity index is 298. The monoisotopic (exact) mass is 240 g/mol. The molecule has 3 unspecified atom stereocenters. The molecule has 1 saturated heterocycles. The van der Waals surface area contributed by atoms with Gasteiger partial charge in [0.15, 0.2) is 0 Å². The number of fused-ring (bicyclic) bond motifs is 1. The van der Waals surface area contributed by atoms with Gasteiger partial charge < -0.3 is 10.4 Å². The first-order chi connectivity index (χ1) is 7.85. The summed E-state index contributed by atoms with van der Waals surface area (Å²) in [6, 6.07) is 0. The number of amides is 1. The van der Waals surface area contributed by atoms with E-state index in [0.717, 1.165) is 25.9 Å². The van der Waals surface area contributed by atoms with Crippen molar-refractivity contribution in [3.63, 3.8) is 0 Å². The highest BCUT2D eigenvalue weighted by Crippen LogP contribution is 2.37. The molecule has 98 valence electrons. The van der Waals surface area contributed by atoms with Crippen LogP contribution in [-0.2, 0) is 4.79 Å². The first kappa shape index (κ1) is 12.8. The number of carbonyl (C=O) groups excluding carboxylic acids is 1. The molecule has 2 rings (SSSR count). The van der Waals surface area contributed by atoms with Crippen molar-refractivity contribution in [2.75, 3.05) is 19.6 Å². The van der Waals surface area contributed by atoms with E-state index in [2.05, 4.69) is 10.2 Å². The molecule has 2 aliphatic rings. The Kier molecular flexibility index (Phi) is 3.46. The van der Waals surface area contributed by atoms with Crippen LogP contribution in [0.2, 0.25) is 0 Å². The first-order valence-corrected chi connectivity index (χ1v) is 6.56. The number of likely N-dealkylation sites (tertiary alicyclic amines) is 1. The molecule has 0 radical (unpaired) electrons. The standard InChI is InChI=1S/C13H24N2O2/c1-13(2,3)14-12(17)8-15-6-9-4-5-11(16)10(9)7-15/h9-11,16H,4-8H2,1-3H3,(H,14,17). The third-order valence-corrected chi connectivity index (χ3v) is 3.78. The first-order valence-electron chi connectivity index (χ1n) is 6.56. The van der Waals surface area contributed by atoms with Crippen LogP contribution in [0.3, 0.4) is 0 Å². The maximum absolute atomic E-state index is 11.8. The molecule has 4 nitrogen and oxygen atoms in total. The second-order valence-electron chi connectivity index (χ2n) is 6.56. The summed E-state index contributed by atoms with van der Waals surface area (Å²) in [6.07, 6.45) is 1.91. The van der Waals surface area contributed by atoms with Gasteiger partial charge in [-0.25, -0.2) is 0 Å². The van der Waals surface area contributed by atoms with Crippen molar-refractivity contribution in [3.8, 4) is 0 Å². The van der Waals surface area contributed by atoms with Crippen LogP contribution in [0.25, 0.3) is 0 Å². The normalized spacial score (nSPS) is 33.8. The molecule has 1 amide bonds. The lowest BCUT2D eigenvalue weighted by Gasteiger charge is -2.23. The smallest absolute Gasteiger partial charge is 0.234 e. The molecular formula is C13H24N2O2. The van der Waals surface area contributed by atoms with E-state index in [1.54, 1.807) is 0 Å². The number of rotatable bonds is 2. The summed E-state index contributed by atoms with van der Waals surface area (Å²) < 4.78 is 0. The Hall–Kier alpha value is -0.610. The maximum Gasteiger partial charge on any atom is 0.234 e. The van der Waals surface area contributed by atoms with Crippen LogP contribution in [0.1, 0.15) is 33.6 Å². The largest absolute Gasteiger partial charge is 0.393 e. The molecular weight excluding hydrogens is 216 g/mol. The fourth-order valence-electron chi connectivity index (χ4n) is 3.12. The van der Waals surface area contributed by atoms with Crippen molar-refractivity contribution in [3.05, 3.63) is 0 Å². The van der Waals surface area contributed by atoms with Crippen LogP contribution >= 0.6 is 0 Å². The van der Waals surface area contributed by atoms with Crippen LogP contribution in [0.5, 0.6) is 0 Å². The molecule has 0 bridgehead atoms. The molecule has 2 N–H and O–H groups in total. The van der Waals surface area contributed by atoms with E-state index in [0.29, 0.717) is 18.4 Å². The molecule has 4 heteroatoms. The highest BCUT2D eigenvalue weighted by atomic mass is 16.3. The molecule has 17 heavy (non-hydrogen) atoms. The van der Waals surface area contributed by atoms with E-state index in [4.69, 9.17) is 0 Å². The molecule has 1 heterocycles. The number of nitrogens with zero attached hydrogens (tertiary/aromatic N) is 1.